The zero-order valence-electron chi connectivity index (χ0n) is 23.4. The molecule has 40 heavy (non-hydrogen) atoms. The minimum absolute atomic E-state index is 0.0483. The van der Waals surface area contributed by atoms with Gasteiger partial charge >= 0.3 is 0 Å². The second-order valence-electron chi connectivity index (χ2n) is 10.3. The van der Waals surface area contributed by atoms with Crippen molar-refractivity contribution in [1.29, 1.82) is 0 Å². The van der Waals surface area contributed by atoms with Crippen molar-refractivity contribution in [2.75, 3.05) is 19.8 Å². The molecule has 0 aliphatic carbocycles. The van der Waals surface area contributed by atoms with Crippen LogP contribution in [0.3, 0.4) is 0 Å². The summed E-state index contributed by atoms with van der Waals surface area (Å²) in [6, 6.07) is 14.9. The van der Waals surface area contributed by atoms with Crippen molar-refractivity contribution < 1.29 is 27.4 Å². The first-order chi connectivity index (χ1) is 19.5. The van der Waals surface area contributed by atoms with E-state index in [-0.39, 0.29) is 29.3 Å². The Morgan fingerprint density at radius 3 is 2.05 bits per heavy atom. The van der Waals surface area contributed by atoms with Gasteiger partial charge in [0.1, 0.15) is 5.82 Å². The molecule has 0 bridgehead atoms. The first kappa shape index (κ1) is 29.9. The van der Waals surface area contributed by atoms with E-state index in [4.69, 9.17) is 14.2 Å². The van der Waals surface area contributed by atoms with Gasteiger partial charge in [-0.1, -0.05) is 87.9 Å². The summed E-state index contributed by atoms with van der Waals surface area (Å²) in [4.78, 5) is 0. The second-order valence-corrected chi connectivity index (χ2v) is 10.3. The molecule has 1 fully saturated rings. The van der Waals surface area contributed by atoms with E-state index in [0.29, 0.717) is 36.5 Å². The summed E-state index contributed by atoms with van der Waals surface area (Å²) in [6.45, 7) is 5.35. The van der Waals surface area contributed by atoms with Crippen LogP contribution in [0.15, 0.2) is 66.7 Å². The smallest absolute Gasteiger partial charge is 0.201 e. The van der Waals surface area contributed by atoms with Crippen LogP contribution in [-0.2, 0) is 9.47 Å². The highest BCUT2D eigenvalue weighted by Crippen LogP contribution is 2.33. The van der Waals surface area contributed by atoms with Gasteiger partial charge in [-0.25, -0.2) is 8.78 Å². The molecule has 0 unspecified atom stereocenters. The van der Waals surface area contributed by atoms with Crippen LogP contribution in [0, 0.1) is 17.5 Å². The normalized spacial score (nSPS) is 17.4. The maximum absolute atomic E-state index is 15.1. The monoisotopic (exact) mass is 552 g/mol. The summed E-state index contributed by atoms with van der Waals surface area (Å²) in [5.74, 6) is -2.42. The Balaban J connectivity index is 1.36. The van der Waals surface area contributed by atoms with Gasteiger partial charge in [0.25, 0.3) is 0 Å². The molecule has 0 N–H and O–H groups in total. The molecule has 0 atom stereocenters. The summed E-state index contributed by atoms with van der Waals surface area (Å²) >= 11 is 0. The van der Waals surface area contributed by atoms with Crippen molar-refractivity contribution in [3.05, 3.63) is 89.8 Å². The highest BCUT2D eigenvalue weighted by Gasteiger charge is 2.23. The van der Waals surface area contributed by atoms with Gasteiger partial charge in [-0.3, -0.25) is 0 Å². The molecule has 1 saturated heterocycles. The summed E-state index contributed by atoms with van der Waals surface area (Å²) < 4.78 is 61.6. The summed E-state index contributed by atoms with van der Waals surface area (Å²) in [6.07, 6.45) is 11.2. The molecular weight excluding hydrogens is 513 g/mol. The molecule has 3 nitrogen and oxygen atoms in total. The lowest BCUT2D eigenvalue weighted by molar-refractivity contribution is -0.159. The Morgan fingerprint density at radius 2 is 1.40 bits per heavy atom. The summed E-state index contributed by atoms with van der Waals surface area (Å²) in [5.41, 5.74) is 2.52. The van der Waals surface area contributed by atoms with E-state index >= 15 is 4.39 Å². The van der Waals surface area contributed by atoms with E-state index in [1.165, 1.54) is 43.9 Å². The Labute approximate surface area is 236 Å². The third-order valence-electron chi connectivity index (χ3n) is 7.30. The third-order valence-corrected chi connectivity index (χ3v) is 7.30. The molecule has 1 aliphatic rings. The summed E-state index contributed by atoms with van der Waals surface area (Å²) in [7, 11) is 0. The second kappa shape index (κ2) is 15.1. The predicted octanol–water partition coefficient (Wildman–Crippen LogP) is 9.60. The maximum atomic E-state index is 15.1. The molecule has 1 aliphatic heterocycles. The van der Waals surface area contributed by atoms with Crippen LogP contribution in [0.25, 0.3) is 22.3 Å². The van der Waals surface area contributed by atoms with Gasteiger partial charge in [-0.2, -0.15) is 4.39 Å². The van der Waals surface area contributed by atoms with Crippen LogP contribution in [0.2, 0.25) is 0 Å². The van der Waals surface area contributed by atoms with Gasteiger partial charge in [0, 0.05) is 17.0 Å². The number of ether oxygens (including phenoxy) is 3. The van der Waals surface area contributed by atoms with E-state index in [1.807, 2.05) is 25.1 Å². The lowest BCUT2D eigenvalue weighted by Crippen LogP contribution is -2.29. The van der Waals surface area contributed by atoms with Crippen molar-refractivity contribution in [3.8, 4) is 28.0 Å². The SMILES string of the molecule is C/C=C/C1OCC(c2ccc(-c3ccc(-c4ccc(OCCCCCCCCC)c(F)c4F)cc3)c(F)c2)CO1. The molecule has 3 aromatic carbocycles. The van der Waals surface area contributed by atoms with E-state index in [1.54, 1.807) is 30.3 Å². The number of halogens is 3. The predicted molar refractivity (Wildman–Crippen MR) is 154 cm³/mol. The first-order valence-corrected chi connectivity index (χ1v) is 14.4. The Kier molecular flexibility index (Phi) is 11.2. The first-order valence-electron chi connectivity index (χ1n) is 14.4. The van der Waals surface area contributed by atoms with Crippen LogP contribution >= 0.6 is 0 Å². The summed E-state index contributed by atoms with van der Waals surface area (Å²) in [5, 5.41) is 0. The van der Waals surface area contributed by atoms with Crippen LogP contribution in [0.4, 0.5) is 13.2 Å². The van der Waals surface area contributed by atoms with Crippen LogP contribution in [0.5, 0.6) is 5.75 Å². The number of benzene rings is 3. The van der Waals surface area contributed by atoms with Crippen molar-refractivity contribution in [2.24, 2.45) is 0 Å². The molecule has 0 aromatic heterocycles. The van der Waals surface area contributed by atoms with Gasteiger partial charge < -0.3 is 14.2 Å². The zero-order chi connectivity index (χ0) is 28.3. The lowest BCUT2D eigenvalue weighted by atomic mass is 9.95. The van der Waals surface area contributed by atoms with Gasteiger partial charge in [0.15, 0.2) is 17.9 Å². The fourth-order valence-electron chi connectivity index (χ4n) is 4.94. The molecule has 0 radical (unpaired) electrons. The molecule has 6 heteroatoms. The van der Waals surface area contributed by atoms with Crippen LogP contribution in [-0.4, -0.2) is 26.1 Å². The van der Waals surface area contributed by atoms with E-state index in [2.05, 4.69) is 6.92 Å². The van der Waals surface area contributed by atoms with Gasteiger partial charge in [-0.15, -0.1) is 0 Å². The van der Waals surface area contributed by atoms with Crippen LogP contribution in [0.1, 0.15) is 70.3 Å². The molecule has 0 spiro atoms. The molecule has 214 valence electrons. The minimum Gasteiger partial charge on any atom is -0.490 e. The van der Waals surface area contributed by atoms with Crippen molar-refractivity contribution in [2.45, 2.75) is 71.0 Å². The van der Waals surface area contributed by atoms with Gasteiger partial charge in [0.05, 0.1) is 19.8 Å². The number of hydrogen-bond donors (Lipinski definition) is 0. The number of allylic oxidation sites excluding steroid dienone is 1. The average Bonchev–Trinajstić information content (AvgIpc) is 2.97. The van der Waals surface area contributed by atoms with E-state index in [9.17, 15) is 8.78 Å². The van der Waals surface area contributed by atoms with Crippen LogP contribution < -0.4 is 4.74 Å². The fourth-order valence-corrected chi connectivity index (χ4v) is 4.94. The number of hydrogen-bond acceptors (Lipinski definition) is 3. The Hall–Kier alpha value is -3.09. The highest BCUT2D eigenvalue weighted by molar-refractivity contribution is 5.71. The van der Waals surface area contributed by atoms with Gasteiger partial charge in [0.2, 0.25) is 5.82 Å². The average molecular weight is 553 g/mol. The minimum atomic E-state index is -0.987. The fraction of sp³-hybridized carbons (Fsp3) is 0.412. The molecule has 0 amide bonds. The molecular formula is C34H39F3O3. The Morgan fingerprint density at radius 1 is 0.775 bits per heavy atom. The lowest BCUT2D eigenvalue weighted by Gasteiger charge is -2.28. The number of rotatable bonds is 13. The molecule has 3 aromatic rings. The molecule has 0 saturated carbocycles. The van der Waals surface area contributed by atoms with Crippen molar-refractivity contribution in [3.63, 3.8) is 0 Å². The standard InChI is InChI=1S/C34H39F3O3/c1-3-5-6-7-8-9-10-20-38-31-19-18-29(33(36)34(31)37)25-14-12-24(13-15-25)28-17-16-26(21-30(28)35)27-22-39-32(11-4-2)40-23-27/h4,11-19,21,27,32H,3,5-10,20,22-23H2,1-2H3/b11-4+. The van der Waals surface area contributed by atoms with Crippen molar-refractivity contribution >= 4 is 0 Å². The molecule has 4 rings (SSSR count). The van der Waals surface area contributed by atoms with E-state index in [0.717, 1.165) is 24.8 Å². The topological polar surface area (TPSA) is 27.7 Å². The van der Waals surface area contributed by atoms with Gasteiger partial charge in [-0.05, 0) is 54.3 Å². The number of unbranched alkanes of at least 4 members (excludes halogenated alkanes) is 6. The highest BCUT2D eigenvalue weighted by atomic mass is 19.2. The quantitative estimate of drug-likeness (QED) is 0.156. The van der Waals surface area contributed by atoms with E-state index < -0.39 is 11.6 Å². The Bertz CT molecular complexity index is 1250. The maximum Gasteiger partial charge on any atom is 0.201 e. The largest absolute Gasteiger partial charge is 0.490 e. The zero-order valence-corrected chi connectivity index (χ0v) is 23.4. The molecule has 1 heterocycles. The van der Waals surface area contributed by atoms with Crippen molar-refractivity contribution in [1.82, 2.24) is 0 Å². The third kappa shape index (κ3) is 7.76.